The van der Waals surface area contributed by atoms with E-state index in [1.165, 1.54) is 0 Å². The van der Waals surface area contributed by atoms with Crippen molar-refractivity contribution in [2.75, 3.05) is 13.1 Å². The summed E-state index contributed by atoms with van der Waals surface area (Å²) in [6, 6.07) is 0.0694. The highest BCUT2D eigenvalue weighted by molar-refractivity contribution is 4.97. The summed E-state index contributed by atoms with van der Waals surface area (Å²) < 4.78 is 0. The van der Waals surface area contributed by atoms with Gasteiger partial charge in [0.25, 0.3) is 0 Å². The molecule has 9 heavy (non-hydrogen) atoms. The van der Waals surface area contributed by atoms with Crippen LogP contribution in [0.25, 0.3) is 0 Å². The van der Waals surface area contributed by atoms with Crippen LogP contribution < -0.4 is 0 Å². The maximum Gasteiger partial charge on any atom is 0.146 e. The third-order valence-electron chi connectivity index (χ3n) is 1.58. The Labute approximate surface area is 55.8 Å². The molecule has 1 aliphatic rings. The van der Waals surface area contributed by atoms with Crippen molar-refractivity contribution in [2.45, 2.75) is 13.0 Å². The summed E-state index contributed by atoms with van der Waals surface area (Å²) in [6.45, 7) is 5.99. The minimum absolute atomic E-state index is 0.0694. The molecule has 0 saturated heterocycles. The van der Waals surface area contributed by atoms with Gasteiger partial charge in [0.15, 0.2) is 0 Å². The lowest BCUT2D eigenvalue weighted by Crippen LogP contribution is -2.30. The molecule has 2 nitrogen and oxygen atoms in total. The second-order valence-corrected chi connectivity index (χ2v) is 2.23. The molecular formula is C7H11NO. The van der Waals surface area contributed by atoms with Gasteiger partial charge >= 0.3 is 0 Å². The van der Waals surface area contributed by atoms with Gasteiger partial charge in [0.05, 0.1) is 0 Å². The average Bonchev–Trinajstić information content (AvgIpc) is 2.37. The molecule has 0 aliphatic carbocycles. The van der Waals surface area contributed by atoms with Gasteiger partial charge in [-0.3, -0.25) is 4.90 Å². The monoisotopic (exact) mass is 125 g/mol. The second-order valence-electron chi connectivity index (χ2n) is 2.23. The number of aliphatic hydroxyl groups is 1. The maximum absolute atomic E-state index is 8.48. The van der Waals surface area contributed by atoms with Gasteiger partial charge in [-0.15, -0.1) is 0 Å². The number of rotatable bonds is 2. The Hall–Kier alpha value is -0.340. The lowest BCUT2D eigenvalue weighted by atomic mass is 10.3. The molecule has 2 heteroatoms. The lowest BCUT2D eigenvalue weighted by Gasteiger charge is -2.19. The van der Waals surface area contributed by atoms with Gasteiger partial charge in [0.1, 0.15) is 6.61 Å². The summed E-state index contributed by atoms with van der Waals surface area (Å²) in [5, 5.41) is 8.48. The molecule has 0 aromatic carbocycles. The first-order valence-electron chi connectivity index (χ1n) is 3.13. The molecule has 0 bridgehead atoms. The molecule has 1 N–H and O–H groups in total. The van der Waals surface area contributed by atoms with E-state index < -0.39 is 0 Å². The summed E-state index contributed by atoms with van der Waals surface area (Å²) >= 11 is 0. The Morgan fingerprint density at radius 1 is 1.56 bits per heavy atom. The van der Waals surface area contributed by atoms with Crippen LogP contribution in [-0.4, -0.2) is 29.1 Å². The fourth-order valence-electron chi connectivity index (χ4n) is 0.892. The van der Waals surface area contributed by atoms with Crippen molar-refractivity contribution in [3.8, 4) is 0 Å². The molecule has 1 unspecified atom stereocenters. The van der Waals surface area contributed by atoms with Crippen LogP contribution in [0.1, 0.15) is 6.92 Å². The molecule has 1 atom stereocenters. The van der Waals surface area contributed by atoms with Crippen molar-refractivity contribution in [1.82, 2.24) is 4.90 Å². The Balaban J connectivity index is 2.27. The molecule has 1 heterocycles. The maximum atomic E-state index is 8.48. The molecule has 0 aromatic heterocycles. The van der Waals surface area contributed by atoms with Gasteiger partial charge < -0.3 is 5.11 Å². The minimum atomic E-state index is 0.0694. The van der Waals surface area contributed by atoms with E-state index in [1.54, 1.807) is 0 Å². The van der Waals surface area contributed by atoms with Gasteiger partial charge in [-0.1, -0.05) is 12.2 Å². The van der Waals surface area contributed by atoms with Gasteiger partial charge in [-0.25, -0.2) is 0 Å². The first-order valence-corrected chi connectivity index (χ1v) is 3.13. The number of hydrogen-bond donors (Lipinski definition) is 1. The van der Waals surface area contributed by atoms with Crippen LogP contribution in [0.15, 0.2) is 12.2 Å². The fraction of sp³-hybridized carbons (Fsp3) is 0.571. The number of hydrogen-bond acceptors (Lipinski definition) is 2. The van der Waals surface area contributed by atoms with Crippen LogP contribution in [0, 0.1) is 6.61 Å². The van der Waals surface area contributed by atoms with Crippen LogP contribution >= 0.6 is 0 Å². The Morgan fingerprint density at radius 3 is 2.56 bits per heavy atom. The van der Waals surface area contributed by atoms with E-state index in [1.807, 2.05) is 6.92 Å². The Morgan fingerprint density at radius 2 is 2.11 bits per heavy atom. The zero-order chi connectivity index (χ0) is 6.69. The van der Waals surface area contributed by atoms with Crippen LogP contribution in [-0.2, 0) is 0 Å². The molecule has 0 fully saturated rings. The van der Waals surface area contributed by atoms with E-state index in [0.717, 1.165) is 13.1 Å². The summed E-state index contributed by atoms with van der Waals surface area (Å²) in [7, 11) is 0. The standard InChI is InChI=1S/C7H11NO/c1-7(6-9)8-4-2-3-5-8/h2-3,7,9H,4-5H2,1H3. The summed E-state index contributed by atoms with van der Waals surface area (Å²) in [5.74, 6) is 0. The van der Waals surface area contributed by atoms with Crippen molar-refractivity contribution in [3.63, 3.8) is 0 Å². The van der Waals surface area contributed by atoms with Crippen molar-refractivity contribution >= 4 is 0 Å². The molecule has 0 aromatic rings. The van der Waals surface area contributed by atoms with Crippen molar-refractivity contribution in [2.24, 2.45) is 0 Å². The van der Waals surface area contributed by atoms with Gasteiger partial charge in [0, 0.05) is 19.1 Å². The van der Waals surface area contributed by atoms with E-state index >= 15 is 0 Å². The normalized spacial score (nSPS) is 22.9. The SMILES string of the molecule is CC([C]O)N1CC=CC1. The molecular weight excluding hydrogens is 114 g/mol. The van der Waals surface area contributed by atoms with E-state index in [2.05, 4.69) is 23.7 Å². The molecule has 0 amide bonds. The Bertz CT molecular complexity index is 103. The molecule has 0 saturated carbocycles. The second kappa shape index (κ2) is 2.99. The third-order valence-corrected chi connectivity index (χ3v) is 1.58. The van der Waals surface area contributed by atoms with E-state index in [9.17, 15) is 0 Å². The first kappa shape index (κ1) is 6.78. The van der Waals surface area contributed by atoms with Gasteiger partial charge in [-0.05, 0) is 6.92 Å². The smallest absolute Gasteiger partial charge is 0.146 e. The lowest BCUT2D eigenvalue weighted by molar-refractivity contribution is 0.220. The zero-order valence-electron chi connectivity index (χ0n) is 5.54. The van der Waals surface area contributed by atoms with Crippen LogP contribution in [0.5, 0.6) is 0 Å². The van der Waals surface area contributed by atoms with E-state index in [-0.39, 0.29) is 6.04 Å². The molecule has 1 rings (SSSR count). The van der Waals surface area contributed by atoms with Crippen molar-refractivity contribution in [3.05, 3.63) is 18.8 Å². The summed E-state index contributed by atoms with van der Waals surface area (Å²) in [5.41, 5.74) is 0. The fourth-order valence-corrected chi connectivity index (χ4v) is 0.892. The van der Waals surface area contributed by atoms with Crippen LogP contribution in [0.2, 0.25) is 0 Å². The zero-order valence-corrected chi connectivity index (χ0v) is 5.54. The third kappa shape index (κ3) is 1.53. The van der Waals surface area contributed by atoms with Crippen LogP contribution in [0.4, 0.5) is 0 Å². The number of nitrogens with zero attached hydrogens (tertiary/aromatic N) is 1. The highest BCUT2D eigenvalue weighted by Gasteiger charge is 2.13. The van der Waals surface area contributed by atoms with Crippen LogP contribution in [0.3, 0.4) is 0 Å². The predicted molar refractivity (Wildman–Crippen MR) is 35.4 cm³/mol. The van der Waals surface area contributed by atoms with E-state index in [0.29, 0.717) is 0 Å². The Kier molecular flexibility index (Phi) is 2.25. The first-order chi connectivity index (χ1) is 4.34. The minimum Gasteiger partial charge on any atom is -0.382 e. The van der Waals surface area contributed by atoms with E-state index in [4.69, 9.17) is 5.11 Å². The molecule has 50 valence electrons. The summed E-state index contributed by atoms with van der Waals surface area (Å²) in [6.07, 6.45) is 4.18. The average molecular weight is 125 g/mol. The summed E-state index contributed by atoms with van der Waals surface area (Å²) in [4.78, 5) is 2.11. The predicted octanol–water partition coefficient (Wildman–Crippen LogP) is 0.658. The topological polar surface area (TPSA) is 23.5 Å². The number of aliphatic hydroxyl groups excluding tert-OH is 1. The highest BCUT2D eigenvalue weighted by Crippen LogP contribution is 2.05. The highest BCUT2D eigenvalue weighted by atomic mass is 16.3. The van der Waals surface area contributed by atoms with Gasteiger partial charge in [-0.2, -0.15) is 0 Å². The quantitative estimate of drug-likeness (QED) is 0.548. The van der Waals surface area contributed by atoms with Crippen molar-refractivity contribution in [1.29, 1.82) is 0 Å². The molecule has 1 aliphatic heterocycles. The van der Waals surface area contributed by atoms with Crippen molar-refractivity contribution < 1.29 is 5.11 Å². The van der Waals surface area contributed by atoms with Gasteiger partial charge in [0.2, 0.25) is 0 Å². The largest absolute Gasteiger partial charge is 0.382 e. The molecule has 0 spiro atoms. The molecule has 2 radical (unpaired) electrons.